The van der Waals surface area contributed by atoms with Crippen LogP contribution >= 0.6 is 12.2 Å². The van der Waals surface area contributed by atoms with E-state index in [9.17, 15) is 0 Å². The van der Waals surface area contributed by atoms with Gasteiger partial charge in [-0.2, -0.15) is 0 Å². The lowest BCUT2D eigenvalue weighted by Crippen LogP contribution is -2.33. The molecule has 14 heavy (non-hydrogen) atoms. The van der Waals surface area contributed by atoms with Crippen LogP contribution in [-0.2, 0) is 0 Å². The van der Waals surface area contributed by atoms with E-state index in [4.69, 9.17) is 12.2 Å². The largest absolute Gasteiger partial charge is 0.337 e. The summed E-state index contributed by atoms with van der Waals surface area (Å²) in [4.78, 5) is 5.49. The minimum absolute atomic E-state index is 0.562. The van der Waals surface area contributed by atoms with Crippen molar-refractivity contribution >= 4 is 12.2 Å². The Morgan fingerprint density at radius 1 is 1.57 bits per heavy atom. The number of nitrogens with one attached hydrogen (secondary N) is 1. The summed E-state index contributed by atoms with van der Waals surface area (Å²) in [7, 11) is 2.18. The molecule has 2 heterocycles. The molecule has 1 saturated heterocycles. The molecule has 78 valence electrons. The molecule has 0 saturated carbocycles. The average molecular weight is 211 g/mol. The zero-order valence-corrected chi connectivity index (χ0v) is 9.60. The Hall–Kier alpha value is -0.610. The van der Waals surface area contributed by atoms with Crippen LogP contribution in [0.5, 0.6) is 0 Å². The van der Waals surface area contributed by atoms with Crippen molar-refractivity contribution in [3.63, 3.8) is 0 Å². The standard InChI is InChI=1S/C10H17N3S/c1-8-6-11-10(14)13(8)9-4-3-5-12(2)7-9/h6,9H,3-5,7H2,1-2H3,(H,11,14). The number of nitrogens with zero attached hydrogens (tertiary/aromatic N) is 2. The molecular formula is C10H17N3S. The van der Waals surface area contributed by atoms with Crippen LogP contribution in [0.2, 0.25) is 0 Å². The van der Waals surface area contributed by atoms with Gasteiger partial charge in [0, 0.05) is 24.5 Å². The first-order valence-electron chi connectivity index (χ1n) is 5.13. The van der Waals surface area contributed by atoms with Crippen LogP contribution in [0.1, 0.15) is 24.6 Å². The molecule has 1 aromatic rings. The van der Waals surface area contributed by atoms with Crippen molar-refractivity contribution in [2.45, 2.75) is 25.8 Å². The van der Waals surface area contributed by atoms with Crippen LogP contribution in [0.15, 0.2) is 6.20 Å². The third-order valence-electron chi connectivity index (χ3n) is 2.97. The van der Waals surface area contributed by atoms with Crippen molar-refractivity contribution in [3.8, 4) is 0 Å². The molecule has 0 amide bonds. The van der Waals surface area contributed by atoms with E-state index in [0.29, 0.717) is 6.04 Å². The quantitative estimate of drug-likeness (QED) is 0.719. The topological polar surface area (TPSA) is 24.0 Å². The van der Waals surface area contributed by atoms with Gasteiger partial charge in [-0.3, -0.25) is 0 Å². The molecule has 2 rings (SSSR count). The van der Waals surface area contributed by atoms with Crippen LogP contribution in [0.4, 0.5) is 0 Å². The van der Waals surface area contributed by atoms with Crippen molar-refractivity contribution in [1.29, 1.82) is 0 Å². The minimum atomic E-state index is 0.562. The minimum Gasteiger partial charge on any atom is -0.337 e. The lowest BCUT2D eigenvalue weighted by atomic mass is 10.1. The number of piperidine rings is 1. The van der Waals surface area contributed by atoms with E-state index in [1.807, 2.05) is 6.20 Å². The van der Waals surface area contributed by atoms with Crippen LogP contribution < -0.4 is 0 Å². The predicted octanol–water partition coefficient (Wildman–Crippen LogP) is 2.12. The van der Waals surface area contributed by atoms with Gasteiger partial charge in [0.15, 0.2) is 4.77 Å². The number of likely N-dealkylation sites (tertiary alicyclic amines) is 1. The molecule has 0 radical (unpaired) electrons. The highest BCUT2D eigenvalue weighted by molar-refractivity contribution is 7.71. The van der Waals surface area contributed by atoms with Crippen molar-refractivity contribution in [1.82, 2.24) is 14.5 Å². The van der Waals surface area contributed by atoms with Gasteiger partial charge in [0.2, 0.25) is 0 Å². The molecule has 1 aliphatic heterocycles. The number of hydrogen-bond acceptors (Lipinski definition) is 2. The van der Waals surface area contributed by atoms with Gasteiger partial charge < -0.3 is 14.5 Å². The molecule has 1 unspecified atom stereocenters. The van der Waals surface area contributed by atoms with Crippen molar-refractivity contribution in [2.75, 3.05) is 20.1 Å². The summed E-state index contributed by atoms with van der Waals surface area (Å²) in [6.45, 7) is 4.45. The molecule has 1 N–H and O–H groups in total. The summed E-state index contributed by atoms with van der Waals surface area (Å²) < 4.78 is 3.12. The second kappa shape index (κ2) is 3.87. The lowest BCUT2D eigenvalue weighted by molar-refractivity contribution is 0.209. The number of aryl methyl sites for hydroxylation is 1. The van der Waals surface area contributed by atoms with Gasteiger partial charge in [-0.15, -0.1) is 0 Å². The van der Waals surface area contributed by atoms with Crippen LogP contribution in [0.25, 0.3) is 0 Å². The van der Waals surface area contributed by atoms with Gasteiger partial charge >= 0.3 is 0 Å². The Morgan fingerprint density at radius 3 is 2.93 bits per heavy atom. The van der Waals surface area contributed by atoms with Gasteiger partial charge in [0.05, 0.1) is 0 Å². The fourth-order valence-corrected chi connectivity index (χ4v) is 2.62. The summed E-state index contributed by atoms with van der Waals surface area (Å²) in [6, 6.07) is 0.562. The number of imidazole rings is 1. The number of rotatable bonds is 1. The summed E-state index contributed by atoms with van der Waals surface area (Å²) >= 11 is 5.28. The molecular weight excluding hydrogens is 194 g/mol. The maximum atomic E-state index is 5.28. The van der Waals surface area contributed by atoms with Gasteiger partial charge in [0.25, 0.3) is 0 Å². The lowest BCUT2D eigenvalue weighted by Gasteiger charge is -2.31. The van der Waals surface area contributed by atoms with E-state index in [-0.39, 0.29) is 0 Å². The van der Waals surface area contributed by atoms with Crippen LogP contribution in [0.3, 0.4) is 0 Å². The molecule has 1 fully saturated rings. The molecule has 0 spiro atoms. The fourth-order valence-electron chi connectivity index (χ4n) is 2.27. The summed E-state index contributed by atoms with van der Waals surface area (Å²) in [5, 5.41) is 0. The molecule has 1 aromatic heterocycles. The Labute approximate surface area is 89.7 Å². The highest BCUT2D eigenvalue weighted by Gasteiger charge is 2.20. The Bertz CT molecular complexity index is 366. The zero-order chi connectivity index (χ0) is 10.1. The first-order chi connectivity index (χ1) is 6.68. The zero-order valence-electron chi connectivity index (χ0n) is 8.79. The second-order valence-electron chi connectivity index (χ2n) is 4.16. The molecule has 0 bridgehead atoms. The average Bonchev–Trinajstić information content (AvgIpc) is 2.46. The summed E-state index contributed by atoms with van der Waals surface area (Å²) in [6.07, 6.45) is 4.52. The smallest absolute Gasteiger partial charge is 0.177 e. The number of hydrogen-bond donors (Lipinski definition) is 1. The number of aromatic nitrogens is 2. The third kappa shape index (κ3) is 1.77. The van der Waals surface area contributed by atoms with Gasteiger partial charge in [0.1, 0.15) is 0 Å². The monoisotopic (exact) mass is 211 g/mol. The molecule has 0 aliphatic carbocycles. The molecule has 1 atom stereocenters. The fraction of sp³-hybridized carbons (Fsp3) is 0.700. The highest BCUT2D eigenvalue weighted by atomic mass is 32.1. The Balaban J connectivity index is 2.26. The molecule has 3 nitrogen and oxygen atoms in total. The summed E-state index contributed by atoms with van der Waals surface area (Å²) in [5.41, 5.74) is 1.25. The van der Waals surface area contributed by atoms with E-state index < -0.39 is 0 Å². The predicted molar refractivity (Wildman–Crippen MR) is 60.1 cm³/mol. The number of aromatic amines is 1. The molecule has 0 aromatic carbocycles. The van der Waals surface area contributed by atoms with E-state index in [2.05, 4.69) is 28.4 Å². The van der Waals surface area contributed by atoms with Gasteiger partial charge in [-0.1, -0.05) is 0 Å². The number of H-pyrrole nitrogens is 1. The highest BCUT2D eigenvalue weighted by Crippen LogP contribution is 2.22. The SMILES string of the molecule is Cc1c[nH]c(=S)n1C1CCCN(C)C1. The van der Waals surface area contributed by atoms with E-state index in [0.717, 1.165) is 11.3 Å². The normalized spacial score (nSPS) is 24.0. The maximum absolute atomic E-state index is 5.28. The van der Waals surface area contributed by atoms with E-state index in [1.54, 1.807) is 0 Å². The van der Waals surface area contributed by atoms with E-state index in [1.165, 1.54) is 25.1 Å². The maximum Gasteiger partial charge on any atom is 0.177 e. The van der Waals surface area contributed by atoms with Crippen LogP contribution in [-0.4, -0.2) is 34.6 Å². The van der Waals surface area contributed by atoms with Crippen molar-refractivity contribution in [3.05, 3.63) is 16.7 Å². The van der Waals surface area contributed by atoms with Crippen LogP contribution in [0, 0.1) is 11.7 Å². The third-order valence-corrected chi connectivity index (χ3v) is 3.28. The Kier molecular flexibility index (Phi) is 2.74. The first-order valence-corrected chi connectivity index (χ1v) is 5.54. The summed E-state index contributed by atoms with van der Waals surface area (Å²) in [5.74, 6) is 0. The van der Waals surface area contributed by atoms with Gasteiger partial charge in [-0.25, -0.2) is 0 Å². The van der Waals surface area contributed by atoms with Crippen molar-refractivity contribution in [2.24, 2.45) is 0 Å². The number of likely N-dealkylation sites (N-methyl/N-ethyl adjacent to an activating group) is 1. The van der Waals surface area contributed by atoms with E-state index >= 15 is 0 Å². The Morgan fingerprint density at radius 2 is 2.36 bits per heavy atom. The van der Waals surface area contributed by atoms with Crippen molar-refractivity contribution < 1.29 is 0 Å². The van der Waals surface area contributed by atoms with Gasteiger partial charge in [-0.05, 0) is 45.6 Å². The first kappa shape index (κ1) is 9.93. The molecule has 4 heteroatoms. The molecule has 1 aliphatic rings. The second-order valence-corrected chi connectivity index (χ2v) is 4.55.